The molecule has 2 aliphatic heterocycles. The molecule has 3 heterocycles. The van der Waals surface area contributed by atoms with Crippen molar-refractivity contribution in [2.75, 3.05) is 45.2 Å². The summed E-state index contributed by atoms with van der Waals surface area (Å²) in [6, 6.07) is 0.436. The number of rotatable bonds is 3. The zero-order valence-electron chi connectivity index (χ0n) is 13.7. The average molecular weight is 303 g/mol. The number of likely N-dealkylation sites (N-methyl/N-ethyl adjacent to an activating group) is 1. The fraction of sp³-hybridized carbons (Fsp3) is 0.688. The van der Waals surface area contributed by atoms with Crippen molar-refractivity contribution in [2.45, 2.75) is 25.8 Å². The van der Waals surface area contributed by atoms with Crippen LogP contribution in [0.4, 0.5) is 5.95 Å². The van der Waals surface area contributed by atoms with Gasteiger partial charge in [0.2, 0.25) is 11.9 Å². The summed E-state index contributed by atoms with van der Waals surface area (Å²) in [5.41, 5.74) is 1.09. The third-order valence-electron chi connectivity index (χ3n) is 4.74. The lowest BCUT2D eigenvalue weighted by atomic mass is 9.92. The molecule has 2 saturated heterocycles. The minimum Gasteiger partial charge on any atom is -0.348 e. The second kappa shape index (κ2) is 6.20. The van der Waals surface area contributed by atoms with Gasteiger partial charge >= 0.3 is 0 Å². The van der Waals surface area contributed by atoms with E-state index in [2.05, 4.69) is 19.8 Å². The lowest BCUT2D eigenvalue weighted by Gasteiger charge is -2.37. The molecule has 1 amide bonds. The van der Waals surface area contributed by atoms with E-state index in [9.17, 15) is 4.79 Å². The molecule has 0 aromatic carbocycles. The lowest BCUT2D eigenvalue weighted by molar-refractivity contribution is -0.129. The standard InChI is InChI=1S/C16H25N5O/c1-12-7-17-16(18-8-12)21-6-4-5-13-9-20(10-14(13)21)11-15(22)19(2)3/h7-8,13-14H,4-6,9-11H2,1-3H3/t13-,14+/m0/s1. The number of carbonyl (C=O) groups excluding carboxylic acids is 1. The predicted molar refractivity (Wildman–Crippen MR) is 85.8 cm³/mol. The number of carbonyl (C=O) groups is 1. The maximum absolute atomic E-state index is 11.9. The van der Waals surface area contributed by atoms with E-state index in [0.29, 0.717) is 18.5 Å². The lowest BCUT2D eigenvalue weighted by Crippen LogP contribution is -2.46. The van der Waals surface area contributed by atoms with Crippen LogP contribution in [0.1, 0.15) is 18.4 Å². The molecule has 0 bridgehead atoms. The van der Waals surface area contributed by atoms with Gasteiger partial charge in [-0.15, -0.1) is 0 Å². The molecule has 0 saturated carbocycles. The minimum absolute atomic E-state index is 0.178. The van der Waals surface area contributed by atoms with Crippen LogP contribution in [0, 0.1) is 12.8 Å². The molecule has 0 unspecified atom stereocenters. The monoisotopic (exact) mass is 303 g/mol. The number of likely N-dealkylation sites (tertiary alicyclic amines) is 1. The number of amides is 1. The summed E-state index contributed by atoms with van der Waals surface area (Å²) in [4.78, 5) is 27.2. The van der Waals surface area contributed by atoms with Crippen LogP contribution in [-0.2, 0) is 4.79 Å². The molecule has 0 aliphatic carbocycles. The van der Waals surface area contributed by atoms with E-state index >= 15 is 0 Å². The van der Waals surface area contributed by atoms with E-state index in [1.165, 1.54) is 12.8 Å². The Morgan fingerprint density at radius 1 is 1.32 bits per heavy atom. The van der Waals surface area contributed by atoms with Crippen LogP contribution < -0.4 is 4.90 Å². The molecule has 120 valence electrons. The number of aryl methyl sites for hydroxylation is 1. The SMILES string of the molecule is Cc1cnc(N2CCC[C@H]3CN(CC(=O)N(C)C)C[C@H]32)nc1. The van der Waals surface area contributed by atoms with E-state index in [1.54, 1.807) is 4.90 Å². The van der Waals surface area contributed by atoms with Gasteiger partial charge in [-0.3, -0.25) is 9.69 Å². The van der Waals surface area contributed by atoms with Gasteiger partial charge in [0.1, 0.15) is 0 Å². The van der Waals surface area contributed by atoms with Crippen molar-refractivity contribution in [1.29, 1.82) is 0 Å². The van der Waals surface area contributed by atoms with Gasteiger partial charge in [-0.05, 0) is 31.2 Å². The van der Waals surface area contributed by atoms with Gasteiger partial charge in [0, 0.05) is 52.2 Å². The zero-order chi connectivity index (χ0) is 15.7. The highest BCUT2D eigenvalue weighted by Crippen LogP contribution is 2.32. The Hall–Kier alpha value is -1.69. The summed E-state index contributed by atoms with van der Waals surface area (Å²) in [7, 11) is 3.63. The van der Waals surface area contributed by atoms with Crippen LogP contribution in [0.25, 0.3) is 0 Å². The topological polar surface area (TPSA) is 52.6 Å². The van der Waals surface area contributed by atoms with E-state index in [0.717, 1.165) is 31.1 Å². The summed E-state index contributed by atoms with van der Waals surface area (Å²) in [5, 5.41) is 0. The van der Waals surface area contributed by atoms with Crippen molar-refractivity contribution in [3.8, 4) is 0 Å². The Balaban J connectivity index is 1.70. The first-order chi connectivity index (χ1) is 10.5. The van der Waals surface area contributed by atoms with Crippen molar-refractivity contribution < 1.29 is 4.79 Å². The van der Waals surface area contributed by atoms with Gasteiger partial charge in [-0.25, -0.2) is 9.97 Å². The zero-order valence-corrected chi connectivity index (χ0v) is 13.7. The molecule has 6 nitrogen and oxygen atoms in total. The first-order valence-electron chi connectivity index (χ1n) is 8.02. The fourth-order valence-corrected chi connectivity index (χ4v) is 3.51. The highest BCUT2D eigenvalue weighted by molar-refractivity contribution is 5.77. The van der Waals surface area contributed by atoms with Gasteiger partial charge < -0.3 is 9.80 Å². The number of anilines is 1. The van der Waals surface area contributed by atoms with Crippen molar-refractivity contribution in [2.24, 2.45) is 5.92 Å². The summed E-state index contributed by atoms with van der Waals surface area (Å²) in [6.07, 6.45) is 6.18. The quantitative estimate of drug-likeness (QED) is 0.826. The molecular weight excluding hydrogens is 278 g/mol. The maximum Gasteiger partial charge on any atom is 0.236 e. The van der Waals surface area contributed by atoms with Crippen molar-refractivity contribution in [3.05, 3.63) is 18.0 Å². The number of piperidine rings is 1. The Morgan fingerprint density at radius 2 is 2.05 bits per heavy atom. The number of hydrogen-bond donors (Lipinski definition) is 0. The van der Waals surface area contributed by atoms with Gasteiger partial charge in [0.05, 0.1) is 6.54 Å². The van der Waals surface area contributed by atoms with Crippen LogP contribution in [-0.4, -0.2) is 72.0 Å². The molecule has 1 aromatic heterocycles. The second-order valence-corrected chi connectivity index (χ2v) is 6.71. The van der Waals surface area contributed by atoms with Gasteiger partial charge in [-0.1, -0.05) is 0 Å². The van der Waals surface area contributed by atoms with Crippen LogP contribution in [0.15, 0.2) is 12.4 Å². The van der Waals surface area contributed by atoms with Crippen LogP contribution >= 0.6 is 0 Å². The molecule has 22 heavy (non-hydrogen) atoms. The van der Waals surface area contributed by atoms with Gasteiger partial charge in [-0.2, -0.15) is 0 Å². The largest absolute Gasteiger partial charge is 0.348 e. The van der Waals surface area contributed by atoms with Crippen LogP contribution in [0.5, 0.6) is 0 Å². The Bertz CT molecular complexity index is 530. The van der Waals surface area contributed by atoms with Crippen LogP contribution in [0.3, 0.4) is 0 Å². The second-order valence-electron chi connectivity index (χ2n) is 6.71. The molecule has 0 spiro atoms. The van der Waals surface area contributed by atoms with E-state index in [4.69, 9.17) is 0 Å². The normalized spacial score (nSPS) is 25.1. The summed E-state index contributed by atoms with van der Waals surface area (Å²) < 4.78 is 0. The average Bonchev–Trinajstić information content (AvgIpc) is 2.90. The molecule has 3 rings (SSSR count). The smallest absolute Gasteiger partial charge is 0.236 e. The van der Waals surface area contributed by atoms with Crippen molar-refractivity contribution in [3.63, 3.8) is 0 Å². The minimum atomic E-state index is 0.178. The van der Waals surface area contributed by atoms with Gasteiger partial charge in [0.15, 0.2) is 0 Å². The molecule has 0 N–H and O–H groups in total. The van der Waals surface area contributed by atoms with E-state index in [1.807, 2.05) is 33.4 Å². The molecule has 2 aliphatic rings. The van der Waals surface area contributed by atoms with Crippen molar-refractivity contribution in [1.82, 2.24) is 19.8 Å². The predicted octanol–water partition coefficient (Wildman–Crippen LogP) is 0.774. The number of nitrogens with zero attached hydrogens (tertiary/aromatic N) is 5. The van der Waals surface area contributed by atoms with E-state index < -0.39 is 0 Å². The molecule has 2 atom stereocenters. The molecule has 2 fully saturated rings. The number of hydrogen-bond acceptors (Lipinski definition) is 5. The summed E-state index contributed by atoms with van der Waals surface area (Å²) in [6.45, 7) is 5.48. The first-order valence-corrected chi connectivity index (χ1v) is 8.02. The van der Waals surface area contributed by atoms with E-state index in [-0.39, 0.29) is 5.91 Å². The molecule has 6 heteroatoms. The Labute approximate surface area is 132 Å². The Morgan fingerprint density at radius 3 is 2.73 bits per heavy atom. The third-order valence-corrected chi connectivity index (χ3v) is 4.74. The summed E-state index contributed by atoms with van der Waals surface area (Å²) in [5.74, 6) is 1.63. The summed E-state index contributed by atoms with van der Waals surface area (Å²) >= 11 is 0. The molecule has 0 radical (unpaired) electrons. The fourth-order valence-electron chi connectivity index (χ4n) is 3.51. The maximum atomic E-state index is 11.9. The van der Waals surface area contributed by atoms with Crippen molar-refractivity contribution >= 4 is 11.9 Å². The third kappa shape index (κ3) is 3.06. The van der Waals surface area contributed by atoms with Gasteiger partial charge in [0.25, 0.3) is 0 Å². The number of fused-ring (bicyclic) bond motifs is 1. The highest BCUT2D eigenvalue weighted by Gasteiger charge is 2.40. The Kier molecular flexibility index (Phi) is 4.29. The number of aromatic nitrogens is 2. The van der Waals surface area contributed by atoms with Crippen LogP contribution in [0.2, 0.25) is 0 Å². The molecule has 1 aromatic rings. The molecular formula is C16H25N5O. The highest BCUT2D eigenvalue weighted by atomic mass is 16.2. The first kappa shape index (κ1) is 15.2.